The first-order valence-electron chi connectivity index (χ1n) is 5.23. The molecule has 1 aliphatic heterocycles. The molecular weight excluding hydrogens is 164 g/mol. The molecule has 2 N–H and O–H groups in total. The summed E-state index contributed by atoms with van der Waals surface area (Å²) in [6, 6.07) is 0. The van der Waals surface area contributed by atoms with Crippen molar-refractivity contribution in [1.29, 1.82) is 0 Å². The zero-order chi connectivity index (χ0) is 9.73. The molecule has 1 atom stereocenters. The highest BCUT2D eigenvalue weighted by molar-refractivity contribution is 4.82. The summed E-state index contributed by atoms with van der Waals surface area (Å²) in [4.78, 5) is 2.36. The maximum absolute atomic E-state index is 9.84. The predicted molar refractivity (Wildman–Crippen MR) is 54.8 cm³/mol. The average Bonchev–Trinajstić information content (AvgIpc) is 2.03. The highest BCUT2D eigenvalue weighted by atomic mass is 16.3. The minimum atomic E-state index is -0.447. The lowest BCUT2D eigenvalue weighted by Crippen LogP contribution is -2.46. The van der Waals surface area contributed by atoms with E-state index in [4.69, 9.17) is 0 Å². The Morgan fingerprint density at radius 1 is 1.54 bits per heavy atom. The zero-order valence-electron chi connectivity index (χ0n) is 8.84. The summed E-state index contributed by atoms with van der Waals surface area (Å²) in [5.74, 6) is 0. The highest BCUT2D eigenvalue weighted by Crippen LogP contribution is 2.19. The normalized spacial score (nSPS) is 30.7. The van der Waals surface area contributed by atoms with Crippen molar-refractivity contribution >= 4 is 0 Å². The van der Waals surface area contributed by atoms with E-state index in [0.717, 1.165) is 39.0 Å². The SMILES string of the molecule is CNCCCN1CCCC(C)(O)C1. The molecule has 0 radical (unpaired) electrons. The largest absolute Gasteiger partial charge is 0.389 e. The van der Waals surface area contributed by atoms with Crippen LogP contribution in [0.1, 0.15) is 26.2 Å². The average molecular weight is 186 g/mol. The maximum atomic E-state index is 9.84. The lowest BCUT2D eigenvalue weighted by atomic mass is 9.95. The second-order valence-corrected chi connectivity index (χ2v) is 4.33. The van der Waals surface area contributed by atoms with Gasteiger partial charge >= 0.3 is 0 Å². The van der Waals surface area contributed by atoms with Crippen LogP contribution in [0.4, 0.5) is 0 Å². The van der Waals surface area contributed by atoms with E-state index in [2.05, 4.69) is 10.2 Å². The van der Waals surface area contributed by atoms with Gasteiger partial charge in [-0.1, -0.05) is 0 Å². The van der Waals surface area contributed by atoms with Gasteiger partial charge in [0.05, 0.1) is 5.60 Å². The van der Waals surface area contributed by atoms with Crippen molar-refractivity contribution in [2.45, 2.75) is 31.8 Å². The number of aliphatic hydroxyl groups is 1. The molecule has 0 saturated carbocycles. The fraction of sp³-hybridized carbons (Fsp3) is 1.00. The number of rotatable bonds is 4. The quantitative estimate of drug-likeness (QED) is 0.626. The predicted octanol–water partition coefficient (Wildman–Crippen LogP) is 0.443. The number of hydrogen-bond donors (Lipinski definition) is 2. The topological polar surface area (TPSA) is 35.5 Å². The monoisotopic (exact) mass is 186 g/mol. The molecular formula is C10H22N2O. The van der Waals surface area contributed by atoms with E-state index in [1.165, 1.54) is 6.42 Å². The number of β-amino-alcohol motifs (C(OH)–C–C–N with tert-alkyl or cyclic N) is 1. The standard InChI is InChI=1S/C10H22N2O/c1-10(13)5-3-7-12(9-10)8-4-6-11-2/h11,13H,3-9H2,1-2H3. The molecule has 0 spiro atoms. The molecule has 1 aliphatic rings. The molecule has 1 unspecified atom stereocenters. The van der Waals surface area contributed by atoms with E-state index in [0.29, 0.717) is 0 Å². The van der Waals surface area contributed by atoms with Crippen LogP contribution >= 0.6 is 0 Å². The maximum Gasteiger partial charge on any atom is 0.0746 e. The fourth-order valence-corrected chi connectivity index (χ4v) is 1.99. The lowest BCUT2D eigenvalue weighted by molar-refractivity contribution is -0.0155. The summed E-state index contributed by atoms with van der Waals surface area (Å²) < 4.78 is 0. The molecule has 3 heteroatoms. The zero-order valence-corrected chi connectivity index (χ0v) is 8.84. The van der Waals surface area contributed by atoms with Gasteiger partial charge in [0.15, 0.2) is 0 Å². The van der Waals surface area contributed by atoms with E-state index in [-0.39, 0.29) is 0 Å². The summed E-state index contributed by atoms with van der Waals surface area (Å²) in [5, 5.41) is 13.0. The smallest absolute Gasteiger partial charge is 0.0746 e. The summed E-state index contributed by atoms with van der Waals surface area (Å²) in [5.41, 5.74) is -0.447. The van der Waals surface area contributed by atoms with Crippen LogP contribution in [0.25, 0.3) is 0 Å². The summed E-state index contributed by atoms with van der Waals surface area (Å²) >= 11 is 0. The minimum Gasteiger partial charge on any atom is -0.389 e. The van der Waals surface area contributed by atoms with Crippen molar-refractivity contribution in [2.75, 3.05) is 33.2 Å². The minimum absolute atomic E-state index is 0.447. The third kappa shape index (κ3) is 4.07. The van der Waals surface area contributed by atoms with Crippen molar-refractivity contribution < 1.29 is 5.11 Å². The van der Waals surface area contributed by atoms with Gasteiger partial charge in [-0.25, -0.2) is 0 Å². The number of nitrogens with one attached hydrogen (secondary N) is 1. The van der Waals surface area contributed by atoms with Crippen LogP contribution in [0.5, 0.6) is 0 Å². The highest BCUT2D eigenvalue weighted by Gasteiger charge is 2.27. The van der Waals surface area contributed by atoms with Gasteiger partial charge in [-0.15, -0.1) is 0 Å². The molecule has 1 heterocycles. The molecule has 3 nitrogen and oxygen atoms in total. The molecule has 13 heavy (non-hydrogen) atoms. The van der Waals surface area contributed by atoms with Crippen LogP contribution in [-0.2, 0) is 0 Å². The van der Waals surface area contributed by atoms with Crippen molar-refractivity contribution in [3.8, 4) is 0 Å². The van der Waals surface area contributed by atoms with Crippen molar-refractivity contribution in [2.24, 2.45) is 0 Å². The van der Waals surface area contributed by atoms with Crippen LogP contribution in [-0.4, -0.2) is 48.8 Å². The van der Waals surface area contributed by atoms with Gasteiger partial charge in [0.2, 0.25) is 0 Å². The summed E-state index contributed by atoms with van der Waals surface area (Å²) in [7, 11) is 1.98. The molecule has 0 aromatic carbocycles. The summed E-state index contributed by atoms with van der Waals surface area (Å²) in [6.07, 6.45) is 3.26. The van der Waals surface area contributed by atoms with Crippen molar-refractivity contribution in [3.05, 3.63) is 0 Å². The Labute approximate surface area is 81.1 Å². The first-order chi connectivity index (χ1) is 6.14. The third-order valence-corrected chi connectivity index (χ3v) is 2.66. The first kappa shape index (κ1) is 11.0. The molecule has 1 saturated heterocycles. The van der Waals surface area contributed by atoms with Crippen molar-refractivity contribution in [1.82, 2.24) is 10.2 Å². The molecule has 0 aromatic rings. The second-order valence-electron chi connectivity index (χ2n) is 4.33. The van der Waals surface area contributed by atoms with Crippen molar-refractivity contribution in [3.63, 3.8) is 0 Å². The van der Waals surface area contributed by atoms with Gasteiger partial charge in [0.25, 0.3) is 0 Å². The second kappa shape index (κ2) is 4.94. The van der Waals surface area contributed by atoms with Gasteiger partial charge < -0.3 is 15.3 Å². The Balaban J connectivity index is 2.19. The molecule has 0 aliphatic carbocycles. The first-order valence-corrected chi connectivity index (χ1v) is 5.23. The van der Waals surface area contributed by atoms with Gasteiger partial charge in [-0.3, -0.25) is 0 Å². The molecule has 78 valence electrons. The van der Waals surface area contributed by atoms with Crippen LogP contribution in [0.2, 0.25) is 0 Å². The van der Waals surface area contributed by atoms with Gasteiger partial charge in [-0.05, 0) is 52.9 Å². The molecule has 1 rings (SSSR count). The number of hydrogen-bond acceptors (Lipinski definition) is 3. The Morgan fingerprint density at radius 2 is 2.31 bits per heavy atom. The number of nitrogens with zero attached hydrogens (tertiary/aromatic N) is 1. The van der Waals surface area contributed by atoms with E-state index in [9.17, 15) is 5.11 Å². The van der Waals surface area contributed by atoms with Gasteiger partial charge in [-0.2, -0.15) is 0 Å². The number of piperidine rings is 1. The Morgan fingerprint density at radius 3 is 2.92 bits per heavy atom. The van der Waals surface area contributed by atoms with E-state index < -0.39 is 5.60 Å². The lowest BCUT2D eigenvalue weighted by Gasteiger charge is -2.36. The van der Waals surface area contributed by atoms with Gasteiger partial charge in [0, 0.05) is 6.54 Å². The van der Waals surface area contributed by atoms with E-state index >= 15 is 0 Å². The Bertz CT molecular complexity index is 148. The number of likely N-dealkylation sites (tertiary alicyclic amines) is 1. The molecule has 0 aromatic heterocycles. The molecule has 0 bridgehead atoms. The van der Waals surface area contributed by atoms with Crippen LogP contribution in [0.15, 0.2) is 0 Å². The fourth-order valence-electron chi connectivity index (χ4n) is 1.99. The summed E-state index contributed by atoms with van der Waals surface area (Å²) in [6.45, 7) is 6.11. The van der Waals surface area contributed by atoms with E-state index in [1.807, 2.05) is 14.0 Å². The molecule has 1 fully saturated rings. The van der Waals surface area contributed by atoms with Gasteiger partial charge in [0.1, 0.15) is 0 Å². The Hall–Kier alpha value is -0.120. The third-order valence-electron chi connectivity index (χ3n) is 2.66. The van der Waals surface area contributed by atoms with Crippen LogP contribution < -0.4 is 5.32 Å². The van der Waals surface area contributed by atoms with Crippen LogP contribution in [0.3, 0.4) is 0 Å². The van der Waals surface area contributed by atoms with E-state index in [1.54, 1.807) is 0 Å². The molecule has 0 amide bonds. The van der Waals surface area contributed by atoms with Crippen LogP contribution in [0, 0.1) is 0 Å². The Kier molecular flexibility index (Phi) is 4.16.